The lowest BCUT2D eigenvalue weighted by molar-refractivity contribution is -0.117. The summed E-state index contributed by atoms with van der Waals surface area (Å²) in [5.41, 5.74) is 2.65. The number of benzene rings is 2. The Bertz CT molecular complexity index is 920. The SMILES string of the molecule is Cc1ccccc1-c1noc(C2CC(=O)N(c3ccc(F)cc3)C2)n1. The first-order chi connectivity index (χ1) is 12.1. The van der Waals surface area contributed by atoms with Crippen molar-refractivity contribution in [2.45, 2.75) is 19.3 Å². The van der Waals surface area contributed by atoms with E-state index < -0.39 is 0 Å². The maximum absolute atomic E-state index is 13.1. The van der Waals surface area contributed by atoms with Gasteiger partial charge in [0.1, 0.15) is 5.82 Å². The van der Waals surface area contributed by atoms with Crippen LogP contribution in [-0.2, 0) is 4.79 Å². The lowest BCUT2D eigenvalue weighted by atomic mass is 10.1. The Labute approximate surface area is 144 Å². The second kappa shape index (κ2) is 6.12. The molecule has 0 aliphatic carbocycles. The Morgan fingerprint density at radius 3 is 2.68 bits per heavy atom. The minimum atomic E-state index is -0.327. The second-order valence-corrected chi connectivity index (χ2v) is 6.15. The standard InChI is InChI=1S/C19H16FN3O2/c1-12-4-2-3-5-16(12)18-21-19(25-22-18)13-10-17(24)23(11-13)15-8-6-14(20)7-9-15/h2-9,13H,10-11H2,1H3. The number of nitrogens with zero attached hydrogens (tertiary/aromatic N) is 3. The normalized spacial score (nSPS) is 17.3. The molecule has 3 aromatic rings. The lowest BCUT2D eigenvalue weighted by Gasteiger charge is -2.15. The molecule has 0 N–H and O–H groups in total. The number of aromatic nitrogens is 2. The summed E-state index contributed by atoms with van der Waals surface area (Å²) in [6.45, 7) is 2.43. The third-order valence-electron chi connectivity index (χ3n) is 4.44. The predicted molar refractivity (Wildman–Crippen MR) is 90.6 cm³/mol. The molecule has 6 heteroatoms. The van der Waals surface area contributed by atoms with Crippen LogP contribution in [0.4, 0.5) is 10.1 Å². The number of carbonyl (C=O) groups excluding carboxylic acids is 1. The first-order valence-electron chi connectivity index (χ1n) is 8.07. The van der Waals surface area contributed by atoms with Crippen molar-refractivity contribution in [3.8, 4) is 11.4 Å². The molecule has 0 bridgehead atoms. The van der Waals surface area contributed by atoms with Gasteiger partial charge in [-0.15, -0.1) is 0 Å². The highest BCUT2D eigenvalue weighted by Gasteiger charge is 2.35. The number of anilines is 1. The van der Waals surface area contributed by atoms with Gasteiger partial charge in [-0.3, -0.25) is 4.79 Å². The largest absolute Gasteiger partial charge is 0.339 e. The highest BCUT2D eigenvalue weighted by Crippen LogP contribution is 2.32. The number of amides is 1. The van der Waals surface area contributed by atoms with Crippen LogP contribution in [0.2, 0.25) is 0 Å². The van der Waals surface area contributed by atoms with Gasteiger partial charge in [0, 0.05) is 24.2 Å². The van der Waals surface area contributed by atoms with E-state index in [2.05, 4.69) is 10.1 Å². The van der Waals surface area contributed by atoms with E-state index in [1.54, 1.807) is 17.0 Å². The first kappa shape index (κ1) is 15.5. The molecule has 1 saturated heterocycles. The molecule has 2 aromatic carbocycles. The van der Waals surface area contributed by atoms with Gasteiger partial charge >= 0.3 is 0 Å². The van der Waals surface area contributed by atoms with Crippen LogP contribution in [0.1, 0.15) is 23.8 Å². The summed E-state index contributed by atoms with van der Waals surface area (Å²) in [5.74, 6) is 0.457. The van der Waals surface area contributed by atoms with Gasteiger partial charge in [0.05, 0.1) is 5.92 Å². The van der Waals surface area contributed by atoms with Crippen molar-refractivity contribution < 1.29 is 13.7 Å². The molecule has 1 unspecified atom stereocenters. The van der Waals surface area contributed by atoms with Gasteiger partial charge in [-0.2, -0.15) is 4.98 Å². The quantitative estimate of drug-likeness (QED) is 0.731. The Morgan fingerprint density at radius 1 is 1.16 bits per heavy atom. The van der Waals surface area contributed by atoms with Crippen LogP contribution >= 0.6 is 0 Å². The molecule has 0 spiro atoms. The third kappa shape index (κ3) is 2.91. The maximum Gasteiger partial charge on any atom is 0.232 e. The molecule has 1 aliphatic heterocycles. The van der Waals surface area contributed by atoms with Crippen LogP contribution in [0.25, 0.3) is 11.4 Å². The maximum atomic E-state index is 13.1. The highest BCUT2D eigenvalue weighted by atomic mass is 19.1. The van der Waals surface area contributed by atoms with Crippen molar-refractivity contribution in [1.29, 1.82) is 0 Å². The van der Waals surface area contributed by atoms with Gasteiger partial charge in [0.2, 0.25) is 17.6 Å². The van der Waals surface area contributed by atoms with E-state index in [0.717, 1.165) is 11.1 Å². The zero-order chi connectivity index (χ0) is 17.4. The van der Waals surface area contributed by atoms with Crippen molar-refractivity contribution in [1.82, 2.24) is 10.1 Å². The van der Waals surface area contributed by atoms with E-state index in [4.69, 9.17) is 4.52 Å². The number of hydrogen-bond donors (Lipinski definition) is 0. The topological polar surface area (TPSA) is 59.2 Å². The molecule has 25 heavy (non-hydrogen) atoms. The van der Waals surface area contributed by atoms with E-state index in [9.17, 15) is 9.18 Å². The molecule has 1 aromatic heterocycles. The van der Waals surface area contributed by atoms with Crippen molar-refractivity contribution in [2.75, 3.05) is 11.4 Å². The van der Waals surface area contributed by atoms with Crippen LogP contribution in [-0.4, -0.2) is 22.6 Å². The summed E-state index contributed by atoms with van der Waals surface area (Å²) in [4.78, 5) is 18.4. The van der Waals surface area contributed by atoms with Crippen molar-refractivity contribution in [2.24, 2.45) is 0 Å². The Hall–Kier alpha value is -3.02. The van der Waals surface area contributed by atoms with Gasteiger partial charge in [-0.05, 0) is 36.8 Å². The van der Waals surface area contributed by atoms with Gasteiger partial charge in [-0.25, -0.2) is 4.39 Å². The number of aryl methyl sites for hydroxylation is 1. The van der Waals surface area contributed by atoms with Crippen LogP contribution in [0.15, 0.2) is 53.1 Å². The molecule has 1 aliphatic rings. The molecule has 0 saturated carbocycles. The average Bonchev–Trinajstić information content (AvgIpc) is 3.23. The van der Waals surface area contributed by atoms with E-state index in [1.807, 2.05) is 31.2 Å². The molecule has 126 valence electrons. The Morgan fingerprint density at radius 2 is 1.92 bits per heavy atom. The summed E-state index contributed by atoms with van der Waals surface area (Å²) in [6.07, 6.45) is 0.298. The molecule has 1 amide bonds. The summed E-state index contributed by atoms with van der Waals surface area (Å²) < 4.78 is 18.5. The summed E-state index contributed by atoms with van der Waals surface area (Å²) >= 11 is 0. The third-order valence-corrected chi connectivity index (χ3v) is 4.44. The van der Waals surface area contributed by atoms with E-state index in [0.29, 0.717) is 30.4 Å². The molecule has 1 atom stereocenters. The van der Waals surface area contributed by atoms with Crippen molar-refractivity contribution in [3.63, 3.8) is 0 Å². The summed E-state index contributed by atoms with van der Waals surface area (Å²) in [6, 6.07) is 13.7. The number of hydrogen-bond acceptors (Lipinski definition) is 4. The smallest absolute Gasteiger partial charge is 0.232 e. The lowest BCUT2D eigenvalue weighted by Crippen LogP contribution is -2.24. The van der Waals surface area contributed by atoms with Crippen molar-refractivity contribution >= 4 is 11.6 Å². The average molecular weight is 337 g/mol. The van der Waals surface area contributed by atoms with Gasteiger partial charge < -0.3 is 9.42 Å². The molecule has 4 rings (SSSR count). The number of carbonyl (C=O) groups is 1. The van der Waals surface area contributed by atoms with E-state index in [1.165, 1.54) is 12.1 Å². The fraction of sp³-hybridized carbons (Fsp3) is 0.211. The van der Waals surface area contributed by atoms with Gasteiger partial charge in [0.25, 0.3) is 0 Å². The van der Waals surface area contributed by atoms with E-state index >= 15 is 0 Å². The minimum absolute atomic E-state index is 0.0350. The van der Waals surface area contributed by atoms with Crippen LogP contribution in [0.5, 0.6) is 0 Å². The van der Waals surface area contributed by atoms with Crippen molar-refractivity contribution in [3.05, 3.63) is 65.8 Å². The van der Waals surface area contributed by atoms with Gasteiger partial charge in [0.15, 0.2) is 0 Å². The predicted octanol–water partition coefficient (Wildman–Crippen LogP) is 3.70. The number of rotatable bonds is 3. The molecule has 2 heterocycles. The van der Waals surface area contributed by atoms with Crippen LogP contribution in [0.3, 0.4) is 0 Å². The second-order valence-electron chi connectivity index (χ2n) is 6.15. The molecule has 5 nitrogen and oxygen atoms in total. The molecule has 1 fully saturated rings. The number of halogens is 1. The highest BCUT2D eigenvalue weighted by molar-refractivity contribution is 5.96. The summed E-state index contributed by atoms with van der Waals surface area (Å²) in [7, 11) is 0. The fourth-order valence-electron chi connectivity index (χ4n) is 3.08. The van der Waals surface area contributed by atoms with Crippen LogP contribution < -0.4 is 4.90 Å². The van der Waals surface area contributed by atoms with Gasteiger partial charge in [-0.1, -0.05) is 29.4 Å². The summed E-state index contributed by atoms with van der Waals surface area (Å²) in [5, 5.41) is 4.06. The molecular weight excluding hydrogens is 321 g/mol. The Kier molecular flexibility index (Phi) is 3.80. The fourth-order valence-corrected chi connectivity index (χ4v) is 3.08. The molecule has 0 radical (unpaired) electrons. The minimum Gasteiger partial charge on any atom is -0.339 e. The first-order valence-corrected chi connectivity index (χ1v) is 8.07. The van der Waals surface area contributed by atoms with E-state index in [-0.39, 0.29) is 17.6 Å². The molecular formula is C19H16FN3O2. The van der Waals surface area contributed by atoms with Crippen LogP contribution in [0, 0.1) is 12.7 Å². The Balaban J connectivity index is 1.57. The zero-order valence-corrected chi connectivity index (χ0v) is 13.6. The monoisotopic (exact) mass is 337 g/mol. The zero-order valence-electron chi connectivity index (χ0n) is 13.6.